The Morgan fingerprint density at radius 2 is 1.62 bits per heavy atom. The molecule has 3 rings (SSSR count). The predicted molar refractivity (Wildman–Crippen MR) is 126 cm³/mol. The number of sulfonamides is 1. The van der Waals surface area contributed by atoms with Gasteiger partial charge in [0.1, 0.15) is 5.82 Å². The van der Waals surface area contributed by atoms with Crippen LogP contribution >= 0.6 is 0 Å². The van der Waals surface area contributed by atoms with E-state index in [1.54, 1.807) is 42.5 Å². The first-order chi connectivity index (χ1) is 16.1. The predicted octanol–water partition coefficient (Wildman–Crippen LogP) is 3.85. The molecule has 1 amide bonds. The van der Waals surface area contributed by atoms with E-state index >= 15 is 0 Å². The van der Waals surface area contributed by atoms with Gasteiger partial charge >= 0.3 is 5.97 Å². The van der Waals surface area contributed by atoms with Gasteiger partial charge in [0.05, 0.1) is 16.1 Å². The molecule has 0 aliphatic rings. The molecule has 1 atom stereocenters. The molecule has 0 fully saturated rings. The van der Waals surface area contributed by atoms with Crippen molar-refractivity contribution >= 4 is 27.6 Å². The van der Waals surface area contributed by atoms with Gasteiger partial charge in [-0.3, -0.25) is 9.10 Å². The molecule has 9 heteroatoms. The van der Waals surface area contributed by atoms with Gasteiger partial charge in [-0.15, -0.1) is 0 Å². The molecular weight excluding hydrogens is 459 g/mol. The van der Waals surface area contributed by atoms with Crippen molar-refractivity contribution in [2.75, 3.05) is 18.4 Å². The Morgan fingerprint density at radius 1 is 0.941 bits per heavy atom. The number of rotatable bonds is 8. The molecule has 0 heterocycles. The second kappa shape index (κ2) is 10.5. The van der Waals surface area contributed by atoms with E-state index in [2.05, 4.69) is 0 Å². The molecule has 0 bridgehead atoms. The third-order valence-corrected chi connectivity index (χ3v) is 6.95. The molecule has 0 radical (unpaired) electrons. The molecule has 0 aliphatic heterocycles. The number of hydrogen-bond donors (Lipinski definition) is 0. The molecule has 7 nitrogen and oxygen atoms in total. The van der Waals surface area contributed by atoms with Crippen molar-refractivity contribution in [2.24, 2.45) is 0 Å². The van der Waals surface area contributed by atoms with Crippen LogP contribution in [0.25, 0.3) is 0 Å². The molecule has 178 valence electrons. The minimum Gasteiger partial charge on any atom is -0.449 e. The molecule has 0 saturated carbocycles. The van der Waals surface area contributed by atoms with Gasteiger partial charge in [0.15, 0.2) is 6.10 Å². The number of carbonyl (C=O) groups is 2. The Labute approximate surface area is 198 Å². The summed E-state index contributed by atoms with van der Waals surface area (Å²) in [4.78, 5) is 26.5. The summed E-state index contributed by atoms with van der Waals surface area (Å²) in [5.41, 5.74) is 1.06. The van der Waals surface area contributed by atoms with E-state index in [1.165, 1.54) is 62.3 Å². The molecule has 3 aromatic rings. The average molecular weight is 485 g/mol. The van der Waals surface area contributed by atoms with Crippen molar-refractivity contribution in [1.82, 2.24) is 4.90 Å². The first-order valence-corrected chi connectivity index (χ1v) is 11.9. The highest BCUT2D eigenvalue weighted by Crippen LogP contribution is 2.22. The summed E-state index contributed by atoms with van der Waals surface area (Å²) in [6.07, 6.45) is -1.13. The fourth-order valence-electron chi connectivity index (χ4n) is 3.29. The Morgan fingerprint density at radius 3 is 2.29 bits per heavy atom. The average Bonchev–Trinajstić information content (AvgIpc) is 2.83. The Kier molecular flexibility index (Phi) is 7.68. The molecule has 0 aromatic heterocycles. The minimum atomic E-state index is -3.92. The van der Waals surface area contributed by atoms with Gasteiger partial charge in [0.25, 0.3) is 15.9 Å². The maximum Gasteiger partial charge on any atom is 0.338 e. The molecule has 3 aromatic carbocycles. The zero-order valence-corrected chi connectivity index (χ0v) is 19.8. The SMILES string of the molecule is CC(OC(=O)c1cccc(S(=O)(=O)N(C)c2ccccc2)c1)C(=O)N(C)Cc1cccc(F)c1. The second-order valence-corrected chi connectivity index (χ2v) is 9.68. The third-order valence-electron chi connectivity index (χ3n) is 5.16. The fraction of sp³-hybridized carbons (Fsp3) is 0.200. The van der Waals surface area contributed by atoms with Gasteiger partial charge in [0, 0.05) is 20.6 Å². The van der Waals surface area contributed by atoms with Crippen LogP contribution in [0.15, 0.2) is 83.8 Å². The highest BCUT2D eigenvalue weighted by molar-refractivity contribution is 7.92. The molecule has 0 spiro atoms. The van der Waals surface area contributed by atoms with Crippen LogP contribution in [0.3, 0.4) is 0 Å². The lowest BCUT2D eigenvalue weighted by Gasteiger charge is -2.22. The van der Waals surface area contributed by atoms with E-state index in [4.69, 9.17) is 4.74 Å². The fourth-order valence-corrected chi connectivity index (χ4v) is 4.54. The summed E-state index contributed by atoms with van der Waals surface area (Å²) in [5, 5.41) is 0. The molecule has 34 heavy (non-hydrogen) atoms. The van der Waals surface area contributed by atoms with Crippen LogP contribution < -0.4 is 4.31 Å². The number of anilines is 1. The van der Waals surface area contributed by atoms with Crippen molar-refractivity contribution in [3.8, 4) is 0 Å². The monoisotopic (exact) mass is 484 g/mol. The molecular formula is C25H25FN2O5S. The number of benzene rings is 3. The van der Waals surface area contributed by atoms with Gasteiger partial charge in [0.2, 0.25) is 0 Å². The number of ether oxygens (including phenoxy) is 1. The first-order valence-electron chi connectivity index (χ1n) is 10.4. The van der Waals surface area contributed by atoms with Crippen molar-refractivity contribution in [3.05, 3.63) is 95.8 Å². The zero-order valence-electron chi connectivity index (χ0n) is 19.0. The number of amides is 1. The van der Waals surface area contributed by atoms with Gasteiger partial charge in [-0.2, -0.15) is 0 Å². The summed E-state index contributed by atoms with van der Waals surface area (Å²) >= 11 is 0. The summed E-state index contributed by atoms with van der Waals surface area (Å²) in [7, 11) is -0.985. The van der Waals surface area contributed by atoms with Crippen LogP contribution in [-0.4, -0.2) is 45.4 Å². The van der Waals surface area contributed by atoms with Crippen molar-refractivity contribution in [1.29, 1.82) is 0 Å². The molecule has 0 aliphatic carbocycles. The zero-order chi connectivity index (χ0) is 24.9. The number of para-hydroxylation sites is 1. The quantitative estimate of drug-likeness (QED) is 0.454. The van der Waals surface area contributed by atoms with Crippen LogP contribution in [0.5, 0.6) is 0 Å². The topological polar surface area (TPSA) is 84.0 Å². The number of esters is 1. The summed E-state index contributed by atoms with van der Waals surface area (Å²) in [6.45, 7) is 1.56. The highest BCUT2D eigenvalue weighted by Gasteiger charge is 2.25. The van der Waals surface area contributed by atoms with Crippen LogP contribution in [0.1, 0.15) is 22.8 Å². The van der Waals surface area contributed by atoms with Crippen LogP contribution in [0, 0.1) is 5.82 Å². The summed E-state index contributed by atoms with van der Waals surface area (Å²) in [5.74, 6) is -1.73. The van der Waals surface area contributed by atoms with Crippen LogP contribution in [-0.2, 0) is 26.1 Å². The number of nitrogens with zero attached hydrogens (tertiary/aromatic N) is 2. The summed E-state index contributed by atoms with van der Waals surface area (Å²) in [6, 6.07) is 19.8. The lowest BCUT2D eigenvalue weighted by Crippen LogP contribution is -2.37. The van der Waals surface area contributed by atoms with E-state index in [1.807, 2.05) is 0 Å². The molecule has 1 unspecified atom stereocenters. The molecule has 0 saturated heterocycles. The Bertz CT molecular complexity index is 1280. The van der Waals surface area contributed by atoms with Gasteiger partial charge in [-0.1, -0.05) is 36.4 Å². The van der Waals surface area contributed by atoms with Gasteiger partial charge < -0.3 is 9.64 Å². The number of likely N-dealkylation sites (N-methyl/N-ethyl adjacent to an activating group) is 1. The van der Waals surface area contributed by atoms with Crippen LogP contribution in [0.2, 0.25) is 0 Å². The minimum absolute atomic E-state index is 0.00466. The van der Waals surface area contributed by atoms with Gasteiger partial charge in [-0.05, 0) is 55.0 Å². The van der Waals surface area contributed by atoms with E-state index in [9.17, 15) is 22.4 Å². The normalized spacial score (nSPS) is 12.0. The van der Waals surface area contributed by atoms with Crippen molar-refractivity contribution in [3.63, 3.8) is 0 Å². The number of hydrogen-bond acceptors (Lipinski definition) is 5. The Hall–Kier alpha value is -3.72. The van der Waals surface area contributed by atoms with Crippen molar-refractivity contribution in [2.45, 2.75) is 24.5 Å². The molecule has 0 N–H and O–H groups in total. The second-order valence-electron chi connectivity index (χ2n) is 7.71. The van der Waals surface area contributed by atoms with Gasteiger partial charge in [-0.25, -0.2) is 17.6 Å². The van der Waals surface area contributed by atoms with E-state index in [-0.39, 0.29) is 17.0 Å². The largest absolute Gasteiger partial charge is 0.449 e. The van der Waals surface area contributed by atoms with E-state index in [0.717, 1.165) is 4.31 Å². The smallest absolute Gasteiger partial charge is 0.338 e. The Balaban J connectivity index is 1.70. The number of carbonyl (C=O) groups excluding carboxylic acids is 2. The number of halogens is 1. The summed E-state index contributed by atoms with van der Waals surface area (Å²) < 4.78 is 45.8. The maximum atomic E-state index is 13.4. The maximum absolute atomic E-state index is 13.4. The lowest BCUT2D eigenvalue weighted by atomic mass is 10.2. The third kappa shape index (κ3) is 5.79. The highest BCUT2D eigenvalue weighted by atomic mass is 32.2. The standard InChI is InChI=1S/C25H25FN2O5S/c1-18(24(29)27(2)17-19-9-7-11-21(26)15-19)33-25(30)20-10-8-14-23(16-20)34(31,32)28(3)22-12-5-4-6-13-22/h4-16,18H,17H2,1-3H3. The van der Waals surface area contributed by atoms with Crippen LogP contribution in [0.4, 0.5) is 10.1 Å². The van der Waals surface area contributed by atoms with E-state index < -0.39 is 33.8 Å². The van der Waals surface area contributed by atoms with E-state index in [0.29, 0.717) is 11.3 Å². The lowest BCUT2D eigenvalue weighted by molar-refractivity contribution is -0.139. The van der Waals surface area contributed by atoms with Crippen molar-refractivity contribution < 1.29 is 27.1 Å². The first kappa shape index (κ1) is 24.9.